The first-order chi connectivity index (χ1) is 7.15. The van der Waals surface area contributed by atoms with Crippen LogP contribution >= 0.6 is 15.9 Å². The van der Waals surface area contributed by atoms with E-state index in [1.54, 1.807) is 7.11 Å². The lowest BCUT2D eigenvalue weighted by molar-refractivity contribution is 0.389. The first kappa shape index (κ1) is 10.4. The molecule has 1 unspecified atom stereocenters. The molecule has 0 saturated heterocycles. The normalized spacial score (nSPS) is 13.1. The number of pyridine rings is 1. The van der Waals surface area contributed by atoms with Crippen LogP contribution in [-0.2, 0) is 0 Å². The van der Waals surface area contributed by atoms with E-state index in [2.05, 4.69) is 20.9 Å². The van der Waals surface area contributed by atoms with E-state index in [4.69, 9.17) is 10.5 Å². The van der Waals surface area contributed by atoms with Crippen LogP contribution in [0.2, 0.25) is 0 Å². The molecule has 1 atom stereocenters. The van der Waals surface area contributed by atoms with Gasteiger partial charge in [0, 0.05) is 0 Å². The third-order valence-electron chi connectivity index (χ3n) is 2.22. The molecule has 0 radical (unpaired) electrons. The van der Waals surface area contributed by atoms with Crippen molar-refractivity contribution < 1.29 is 4.74 Å². The number of aromatic nitrogens is 2. The molecule has 0 aliphatic rings. The van der Waals surface area contributed by atoms with E-state index in [0.29, 0.717) is 0 Å². The van der Waals surface area contributed by atoms with Gasteiger partial charge in [-0.1, -0.05) is 6.07 Å². The lowest BCUT2D eigenvalue weighted by Crippen LogP contribution is -2.10. The van der Waals surface area contributed by atoms with E-state index >= 15 is 0 Å². The van der Waals surface area contributed by atoms with E-state index in [1.165, 1.54) is 0 Å². The Kier molecular flexibility index (Phi) is 2.67. The summed E-state index contributed by atoms with van der Waals surface area (Å²) in [5.41, 5.74) is 6.82. The van der Waals surface area contributed by atoms with Crippen LogP contribution in [0.25, 0.3) is 5.52 Å². The number of halogens is 1. The second-order valence-corrected chi connectivity index (χ2v) is 4.09. The number of ether oxygens (including phenoxy) is 1. The zero-order valence-corrected chi connectivity index (χ0v) is 10.2. The Morgan fingerprint density at radius 1 is 1.53 bits per heavy atom. The number of imidazole rings is 1. The predicted molar refractivity (Wildman–Crippen MR) is 62.0 cm³/mol. The molecule has 0 aliphatic carbocycles. The molecule has 0 aromatic carbocycles. The summed E-state index contributed by atoms with van der Waals surface area (Å²) in [4.78, 5) is 4.37. The van der Waals surface area contributed by atoms with E-state index in [9.17, 15) is 0 Å². The summed E-state index contributed by atoms with van der Waals surface area (Å²) in [7, 11) is 1.63. The highest BCUT2D eigenvalue weighted by atomic mass is 79.9. The fourth-order valence-electron chi connectivity index (χ4n) is 1.56. The summed E-state index contributed by atoms with van der Waals surface area (Å²) in [6, 6.07) is 5.63. The molecular weight excluding hydrogens is 258 g/mol. The summed E-state index contributed by atoms with van der Waals surface area (Å²) < 4.78 is 7.98. The molecule has 0 fully saturated rings. The number of fused-ring (bicyclic) bond motifs is 1. The molecule has 4 nitrogen and oxygen atoms in total. The maximum atomic E-state index is 5.86. The van der Waals surface area contributed by atoms with Crippen molar-refractivity contribution in [3.8, 4) is 5.88 Å². The fraction of sp³-hybridized carbons (Fsp3) is 0.300. The van der Waals surface area contributed by atoms with Crippen LogP contribution in [0, 0.1) is 0 Å². The minimum atomic E-state index is -0.139. The molecule has 2 heterocycles. The van der Waals surface area contributed by atoms with Crippen molar-refractivity contribution in [2.45, 2.75) is 13.0 Å². The quantitative estimate of drug-likeness (QED) is 0.909. The fourth-order valence-corrected chi connectivity index (χ4v) is 2.05. The third kappa shape index (κ3) is 1.61. The minimum absolute atomic E-state index is 0.139. The van der Waals surface area contributed by atoms with Crippen LogP contribution in [0.4, 0.5) is 0 Å². The Morgan fingerprint density at radius 3 is 2.87 bits per heavy atom. The monoisotopic (exact) mass is 269 g/mol. The number of hydrogen-bond acceptors (Lipinski definition) is 3. The number of hydrogen-bond donors (Lipinski definition) is 1. The van der Waals surface area contributed by atoms with Gasteiger partial charge in [-0.05, 0) is 35.0 Å². The van der Waals surface area contributed by atoms with Crippen LogP contribution in [0.1, 0.15) is 18.8 Å². The van der Waals surface area contributed by atoms with Crippen molar-refractivity contribution in [3.05, 3.63) is 28.6 Å². The van der Waals surface area contributed by atoms with Gasteiger partial charge in [0.1, 0.15) is 10.4 Å². The first-order valence-electron chi connectivity index (χ1n) is 4.61. The molecule has 2 N–H and O–H groups in total. The molecule has 5 heteroatoms. The van der Waals surface area contributed by atoms with Crippen molar-refractivity contribution in [1.29, 1.82) is 0 Å². The van der Waals surface area contributed by atoms with E-state index in [1.807, 2.05) is 29.5 Å². The summed E-state index contributed by atoms with van der Waals surface area (Å²) in [5.74, 6) is 1.52. The number of nitrogens with two attached hydrogens (primary N) is 1. The van der Waals surface area contributed by atoms with Crippen molar-refractivity contribution in [1.82, 2.24) is 9.38 Å². The van der Waals surface area contributed by atoms with Crippen LogP contribution in [0.5, 0.6) is 5.88 Å². The highest BCUT2D eigenvalue weighted by molar-refractivity contribution is 9.10. The molecule has 2 aromatic rings. The van der Waals surface area contributed by atoms with Crippen molar-refractivity contribution in [2.24, 2.45) is 5.73 Å². The molecule has 2 aromatic heterocycles. The molecule has 0 bridgehead atoms. The SMILES string of the molecule is COc1cccc2c(Br)nc(C(C)N)n12. The van der Waals surface area contributed by atoms with Gasteiger partial charge in [0.25, 0.3) is 0 Å². The second kappa shape index (κ2) is 3.83. The van der Waals surface area contributed by atoms with Crippen LogP contribution in [0.3, 0.4) is 0 Å². The summed E-state index contributed by atoms with van der Waals surface area (Å²) >= 11 is 3.41. The van der Waals surface area contributed by atoms with Crippen LogP contribution < -0.4 is 10.5 Å². The maximum Gasteiger partial charge on any atom is 0.199 e. The van der Waals surface area contributed by atoms with Gasteiger partial charge in [0.15, 0.2) is 5.88 Å². The molecule has 2 rings (SSSR count). The molecule has 0 saturated carbocycles. The van der Waals surface area contributed by atoms with Gasteiger partial charge in [0.2, 0.25) is 0 Å². The molecule has 15 heavy (non-hydrogen) atoms. The first-order valence-corrected chi connectivity index (χ1v) is 5.41. The number of methoxy groups -OCH3 is 1. The molecule has 0 spiro atoms. The van der Waals surface area contributed by atoms with Crippen molar-refractivity contribution >= 4 is 21.4 Å². The Labute approximate surface area is 96.2 Å². The van der Waals surface area contributed by atoms with Gasteiger partial charge in [-0.2, -0.15) is 0 Å². The van der Waals surface area contributed by atoms with Crippen molar-refractivity contribution in [3.63, 3.8) is 0 Å². The number of nitrogens with zero attached hydrogens (tertiary/aromatic N) is 2. The Bertz CT molecular complexity index is 493. The molecule has 0 aliphatic heterocycles. The largest absolute Gasteiger partial charge is 0.482 e. The molecular formula is C10H12BrN3O. The van der Waals surface area contributed by atoms with E-state index in [0.717, 1.165) is 21.8 Å². The predicted octanol–water partition coefficient (Wildman–Crippen LogP) is 2.13. The second-order valence-electron chi connectivity index (χ2n) is 3.34. The summed E-state index contributed by atoms with van der Waals surface area (Å²) in [5, 5.41) is 0. The van der Waals surface area contributed by atoms with Crippen LogP contribution in [0.15, 0.2) is 22.8 Å². The van der Waals surface area contributed by atoms with Crippen LogP contribution in [-0.4, -0.2) is 16.5 Å². The minimum Gasteiger partial charge on any atom is -0.482 e. The van der Waals surface area contributed by atoms with E-state index in [-0.39, 0.29) is 6.04 Å². The van der Waals surface area contributed by atoms with Crippen molar-refractivity contribution in [2.75, 3.05) is 7.11 Å². The highest BCUT2D eigenvalue weighted by Crippen LogP contribution is 2.26. The average Bonchev–Trinajstić information content (AvgIpc) is 2.56. The maximum absolute atomic E-state index is 5.86. The van der Waals surface area contributed by atoms with Gasteiger partial charge in [-0.3, -0.25) is 4.40 Å². The lowest BCUT2D eigenvalue weighted by Gasteiger charge is -2.08. The number of rotatable bonds is 2. The Balaban J connectivity index is 2.82. The average molecular weight is 270 g/mol. The smallest absolute Gasteiger partial charge is 0.199 e. The van der Waals surface area contributed by atoms with E-state index < -0.39 is 0 Å². The van der Waals surface area contributed by atoms with Gasteiger partial charge in [-0.15, -0.1) is 0 Å². The topological polar surface area (TPSA) is 52.5 Å². The van der Waals surface area contributed by atoms with Gasteiger partial charge in [-0.25, -0.2) is 4.98 Å². The lowest BCUT2D eigenvalue weighted by atomic mass is 10.3. The Hall–Kier alpha value is -1.07. The zero-order chi connectivity index (χ0) is 11.0. The van der Waals surface area contributed by atoms with Gasteiger partial charge >= 0.3 is 0 Å². The highest BCUT2D eigenvalue weighted by Gasteiger charge is 2.14. The summed E-state index contributed by atoms with van der Waals surface area (Å²) in [6.45, 7) is 1.90. The third-order valence-corrected chi connectivity index (χ3v) is 2.81. The Morgan fingerprint density at radius 2 is 2.27 bits per heavy atom. The molecule has 0 amide bonds. The molecule has 80 valence electrons. The summed E-state index contributed by atoms with van der Waals surface area (Å²) in [6.07, 6.45) is 0. The standard InChI is InChI=1S/C10H12BrN3O/c1-6(12)10-13-9(11)7-4-3-5-8(15-2)14(7)10/h3-6H,12H2,1-2H3. The van der Waals surface area contributed by atoms with Gasteiger partial charge in [0.05, 0.1) is 18.7 Å². The zero-order valence-electron chi connectivity index (χ0n) is 8.57. The van der Waals surface area contributed by atoms with Gasteiger partial charge < -0.3 is 10.5 Å².